The van der Waals surface area contributed by atoms with Crippen LogP contribution >= 0.6 is 11.6 Å². The average Bonchev–Trinajstić information content (AvgIpc) is 2.64. The van der Waals surface area contributed by atoms with Crippen LogP contribution in [0.15, 0.2) is 18.2 Å². The molecule has 0 radical (unpaired) electrons. The minimum Gasteiger partial charge on any atom is -0.384 e. The van der Waals surface area contributed by atoms with Gasteiger partial charge in [-0.05, 0) is 12.5 Å². The second-order valence-electron chi connectivity index (χ2n) is 4.14. The van der Waals surface area contributed by atoms with Crippen molar-refractivity contribution in [1.29, 1.82) is 0 Å². The van der Waals surface area contributed by atoms with Crippen LogP contribution in [-0.2, 0) is 13.5 Å². The van der Waals surface area contributed by atoms with Gasteiger partial charge in [0.25, 0.3) is 5.69 Å². The van der Waals surface area contributed by atoms with Crippen LogP contribution in [0.5, 0.6) is 0 Å². The molecular weight excluding hydrogens is 268 g/mol. The number of hydrogen-bond acceptors (Lipinski definition) is 4. The van der Waals surface area contributed by atoms with E-state index in [1.807, 2.05) is 6.92 Å². The third-order valence-electron chi connectivity index (χ3n) is 2.91. The maximum absolute atomic E-state index is 10.9. The van der Waals surface area contributed by atoms with E-state index >= 15 is 0 Å². The van der Waals surface area contributed by atoms with Crippen LogP contribution in [0.4, 0.5) is 11.5 Å². The summed E-state index contributed by atoms with van der Waals surface area (Å²) in [6, 6.07) is 4.41. The fraction of sp³-hybridized carbons (Fsp3) is 0.250. The van der Waals surface area contributed by atoms with Crippen LogP contribution in [-0.4, -0.2) is 14.7 Å². The molecule has 0 aliphatic carbocycles. The Bertz CT molecular complexity index is 651. The summed E-state index contributed by atoms with van der Waals surface area (Å²) < 4.78 is 1.56. The van der Waals surface area contributed by atoms with E-state index in [2.05, 4.69) is 5.10 Å². The van der Waals surface area contributed by atoms with Gasteiger partial charge in [0.15, 0.2) is 0 Å². The van der Waals surface area contributed by atoms with Crippen molar-refractivity contribution in [2.24, 2.45) is 7.05 Å². The number of non-ortho nitro benzene ring substituents is 1. The Labute approximate surface area is 114 Å². The van der Waals surface area contributed by atoms with Crippen LogP contribution in [0, 0.1) is 10.1 Å². The number of nitrogens with zero attached hydrogens (tertiary/aromatic N) is 3. The van der Waals surface area contributed by atoms with E-state index in [-0.39, 0.29) is 5.69 Å². The normalized spacial score (nSPS) is 10.7. The van der Waals surface area contributed by atoms with Crippen molar-refractivity contribution in [3.8, 4) is 11.3 Å². The Kier molecular flexibility index (Phi) is 3.44. The van der Waals surface area contributed by atoms with E-state index < -0.39 is 4.92 Å². The smallest absolute Gasteiger partial charge is 0.271 e. The molecule has 2 rings (SSSR count). The molecule has 1 heterocycles. The Morgan fingerprint density at radius 2 is 2.16 bits per heavy atom. The van der Waals surface area contributed by atoms with E-state index in [4.69, 9.17) is 17.3 Å². The first-order chi connectivity index (χ1) is 8.93. The van der Waals surface area contributed by atoms with Crippen molar-refractivity contribution in [3.05, 3.63) is 38.9 Å². The zero-order valence-corrected chi connectivity index (χ0v) is 11.3. The summed E-state index contributed by atoms with van der Waals surface area (Å²) >= 11 is 5.92. The van der Waals surface area contributed by atoms with Crippen LogP contribution in [0.25, 0.3) is 11.3 Å². The van der Waals surface area contributed by atoms with Gasteiger partial charge in [0.05, 0.1) is 10.6 Å². The molecule has 0 saturated carbocycles. The molecule has 2 aromatic rings. The first kappa shape index (κ1) is 13.4. The van der Waals surface area contributed by atoms with Crippen LogP contribution in [0.2, 0.25) is 5.02 Å². The first-order valence-corrected chi connectivity index (χ1v) is 6.08. The van der Waals surface area contributed by atoms with Gasteiger partial charge in [-0.1, -0.05) is 18.5 Å². The van der Waals surface area contributed by atoms with Gasteiger partial charge >= 0.3 is 0 Å². The van der Waals surface area contributed by atoms with Crippen LogP contribution < -0.4 is 5.73 Å². The standard InChI is InChI=1S/C12H13ClN4O2/c1-3-10-11(15-16(2)12(10)14)7-4-8(13)6-9(5-7)17(18)19/h4-6H,3,14H2,1-2H3. The van der Waals surface area contributed by atoms with E-state index in [1.54, 1.807) is 17.8 Å². The molecule has 6 nitrogen and oxygen atoms in total. The lowest BCUT2D eigenvalue weighted by molar-refractivity contribution is -0.384. The lowest BCUT2D eigenvalue weighted by Crippen LogP contribution is -1.98. The summed E-state index contributed by atoms with van der Waals surface area (Å²) in [6.45, 7) is 1.95. The molecule has 19 heavy (non-hydrogen) atoms. The van der Waals surface area contributed by atoms with Crippen LogP contribution in [0.1, 0.15) is 12.5 Å². The number of halogens is 1. The molecule has 0 unspecified atom stereocenters. The summed E-state index contributed by atoms with van der Waals surface area (Å²) in [4.78, 5) is 10.4. The molecular formula is C12H13ClN4O2. The number of nitro benzene ring substituents is 1. The van der Waals surface area contributed by atoms with Crippen molar-refractivity contribution >= 4 is 23.1 Å². The summed E-state index contributed by atoms with van der Waals surface area (Å²) in [5.74, 6) is 0.556. The van der Waals surface area contributed by atoms with Crippen LogP contribution in [0.3, 0.4) is 0 Å². The number of anilines is 1. The number of aryl methyl sites for hydroxylation is 1. The van der Waals surface area contributed by atoms with E-state index in [0.29, 0.717) is 28.5 Å². The van der Waals surface area contributed by atoms with E-state index in [0.717, 1.165) is 5.56 Å². The maximum Gasteiger partial charge on any atom is 0.271 e. The molecule has 0 aliphatic rings. The third-order valence-corrected chi connectivity index (χ3v) is 3.13. The Balaban J connectivity index is 2.65. The molecule has 0 amide bonds. The summed E-state index contributed by atoms with van der Waals surface area (Å²) in [7, 11) is 1.73. The second-order valence-corrected chi connectivity index (χ2v) is 4.58. The molecule has 0 fully saturated rings. The van der Waals surface area contributed by atoms with Gasteiger partial charge in [0.2, 0.25) is 0 Å². The van der Waals surface area contributed by atoms with Gasteiger partial charge in [0, 0.05) is 35.3 Å². The minimum atomic E-state index is -0.479. The SMILES string of the molecule is CCc1c(-c2cc(Cl)cc([N+](=O)[O-])c2)nn(C)c1N. The van der Waals surface area contributed by atoms with Gasteiger partial charge in [-0.3, -0.25) is 14.8 Å². The third kappa shape index (κ3) is 2.39. The lowest BCUT2D eigenvalue weighted by Gasteiger charge is -2.02. The maximum atomic E-state index is 10.9. The predicted octanol–water partition coefficient (Wildman–Crippen LogP) is 2.79. The summed E-state index contributed by atoms with van der Waals surface area (Å²) in [5.41, 5.74) is 7.95. The number of nitrogen functional groups attached to an aromatic ring is 1. The Morgan fingerprint density at radius 3 is 2.74 bits per heavy atom. The molecule has 0 bridgehead atoms. The summed E-state index contributed by atoms with van der Waals surface area (Å²) in [6.07, 6.45) is 0.690. The van der Waals surface area contributed by atoms with Crippen molar-refractivity contribution < 1.29 is 4.92 Å². The van der Waals surface area contributed by atoms with Gasteiger partial charge in [-0.25, -0.2) is 0 Å². The second kappa shape index (κ2) is 4.89. The molecule has 0 saturated heterocycles. The van der Waals surface area contributed by atoms with Crippen molar-refractivity contribution in [2.45, 2.75) is 13.3 Å². The number of aromatic nitrogens is 2. The highest BCUT2D eigenvalue weighted by atomic mass is 35.5. The Hall–Kier alpha value is -2.08. The van der Waals surface area contributed by atoms with Gasteiger partial charge in [-0.15, -0.1) is 0 Å². The van der Waals surface area contributed by atoms with Crippen molar-refractivity contribution in [2.75, 3.05) is 5.73 Å². The molecule has 1 aromatic carbocycles. The first-order valence-electron chi connectivity index (χ1n) is 5.70. The van der Waals surface area contributed by atoms with E-state index in [1.165, 1.54) is 12.1 Å². The highest BCUT2D eigenvalue weighted by molar-refractivity contribution is 6.31. The largest absolute Gasteiger partial charge is 0.384 e. The minimum absolute atomic E-state index is 0.0613. The number of hydrogen-bond donors (Lipinski definition) is 1. The number of rotatable bonds is 3. The molecule has 100 valence electrons. The van der Waals surface area contributed by atoms with Crippen molar-refractivity contribution in [3.63, 3.8) is 0 Å². The highest BCUT2D eigenvalue weighted by Gasteiger charge is 2.17. The molecule has 0 atom stereocenters. The van der Waals surface area contributed by atoms with Gasteiger partial charge in [-0.2, -0.15) is 5.10 Å². The number of benzene rings is 1. The number of nitrogens with two attached hydrogens (primary N) is 1. The highest BCUT2D eigenvalue weighted by Crippen LogP contribution is 2.32. The quantitative estimate of drug-likeness (QED) is 0.692. The fourth-order valence-electron chi connectivity index (χ4n) is 1.98. The zero-order valence-electron chi connectivity index (χ0n) is 10.6. The van der Waals surface area contributed by atoms with E-state index in [9.17, 15) is 10.1 Å². The van der Waals surface area contributed by atoms with Gasteiger partial charge < -0.3 is 5.73 Å². The molecule has 7 heteroatoms. The van der Waals surface area contributed by atoms with Gasteiger partial charge in [0.1, 0.15) is 5.82 Å². The van der Waals surface area contributed by atoms with Crippen molar-refractivity contribution in [1.82, 2.24) is 9.78 Å². The molecule has 1 aromatic heterocycles. The fourth-order valence-corrected chi connectivity index (χ4v) is 2.21. The molecule has 0 aliphatic heterocycles. The topological polar surface area (TPSA) is 87.0 Å². The molecule has 2 N–H and O–H groups in total. The number of nitro groups is 1. The molecule has 0 spiro atoms. The lowest BCUT2D eigenvalue weighted by atomic mass is 10.1. The summed E-state index contributed by atoms with van der Waals surface area (Å²) in [5, 5.41) is 15.5. The predicted molar refractivity (Wildman–Crippen MR) is 74.1 cm³/mol. The average molecular weight is 281 g/mol. The monoisotopic (exact) mass is 280 g/mol. The zero-order chi connectivity index (χ0) is 14.2. The Morgan fingerprint density at radius 1 is 1.47 bits per heavy atom.